The predicted octanol–water partition coefficient (Wildman–Crippen LogP) is 4.73. The van der Waals surface area contributed by atoms with Gasteiger partial charge in [-0.05, 0) is 31.8 Å². The maximum absolute atomic E-state index is 5.69. The van der Waals surface area contributed by atoms with E-state index in [1.54, 1.807) is 0 Å². The largest absolute Gasteiger partial charge is 0.381 e. The first-order valence-corrected chi connectivity index (χ1v) is 8.50. The quantitative estimate of drug-likeness (QED) is 0.423. The number of rotatable bonds is 14. The minimum atomic E-state index is 0.870. The van der Waals surface area contributed by atoms with Crippen molar-refractivity contribution in [3.63, 3.8) is 0 Å². The van der Waals surface area contributed by atoms with Gasteiger partial charge in [-0.3, -0.25) is 0 Å². The molecule has 0 aliphatic carbocycles. The van der Waals surface area contributed by atoms with Gasteiger partial charge in [0.2, 0.25) is 0 Å². The third kappa shape index (κ3) is 14.1. The van der Waals surface area contributed by atoms with Crippen molar-refractivity contribution >= 4 is 0 Å². The zero-order valence-electron chi connectivity index (χ0n) is 13.9. The van der Waals surface area contributed by atoms with Crippen molar-refractivity contribution in [2.75, 3.05) is 32.8 Å². The molecule has 0 N–H and O–H groups in total. The molecule has 0 spiro atoms. The van der Waals surface area contributed by atoms with E-state index >= 15 is 0 Å². The van der Waals surface area contributed by atoms with Gasteiger partial charge in [-0.2, -0.15) is 0 Å². The fourth-order valence-corrected chi connectivity index (χ4v) is 2.32. The van der Waals surface area contributed by atoms with Crippen LogP contribution in [-0.4, -0.2) is 37.7 Å². The maximum Gasteiger partial charge on any atom is 0.0478 e. The maximum atomic E-state index is 5.69. The average Bonchev–Trinajstić information content (AvgIpc) is 2.40. The highest BCUT2D eigenvalue weighted by Gasteiger charge is 1.98. The van der Waals surface area contributed by atoms with Crippen molar-refractivity contribution < 1.29 is 4.74 Å². The Kier molecular flexibility index (Phi) is 14.3. The average molecular weight is 271 g/mol. The molecule has 0 saturated carbocycles. The fourth-order valence-electron chi connectivity index (χ4n) is 2.32. The molecule has 0 bridgehead atoms. The van der Waals surface area contributed by atoms with Crippen LogP contribution in [0.5, 0.6) is 0 Å². The summed E-state index contributed by atoms with van der Waals surface area (Å²) in [6.45, 7) is 14.5. The van der Waals surface area contributed by atoms with Crippen LogP contribution < -0.4 is 0 Å². The second-order valence-electron chi connectivity index (χ2n) is 5.94. The van der Waals surface area contributed by atoms with Crippen LogP contribution in [0.25, 0.3) is 0 Å². The molecule has 0 saturated heterocycles. The third-order valence-corrected chi connectivity index (χ3v) is 3.73. The van der Waals surface area contributed by atoms with Crippen LogP contribution in [0.4, 0.5) is 0 Å². The van der Waals surface area contributed by atoms with E-state index in [1.807, 2.05) is 0 Å². The van der Waals surface area contributed by atoms with E-state index in [-0.39, 0.29) is 0 Å². The molecule has 0 heterocycles. The lowest BCUT2D eigenvalue weighted by Gasteiger charge is -2.17. The third-order valence-electron chi connectivity index (χ3n) is 3.73. The lowest BCUT2D eigenvalue weighted by Crippen LogP contribution is -2.24. The summed E-state index contributed by atoms with van der Waals surface area (Å²) in [5.41, 5.74) is 0. The normalized spacial score (nSPS) is 11.7. The molecule has 0 aromatic carbocycles. The Morgan fingerprint density at radius 3 is 2.00 bits per heavy atom. The van der Waals surface area contributed by atoms with Gasteiger partial charge in [0, 0.05) is 19.8 Å². The second-order valence-corrected chi connectivity index (χ2v) is 5.94. The van der Waals surface area contributed by atoms with Gasteiger partial charge >= 0.3 is 0 Å². The van der Waals surface area contributed by atoms with Crippen LogP contribution in [0, 0.1) is 5.92 Å². The van der Waals surface area contributed by atoms with Crippen LogP contribution in [0.1, 0.15) is 72.6 Å². The van der Waals surface area contributed by atoms with E-state index in [0.29, 0.717) is 0 Å². The Morgan fingerprint density at radius 2 is 1.37 bits per heavy atom. The highest BCUT2D eigenvalue weighted by molar-refractivity contribution is 4.52. The van der Waals surface area contributed by atoms with Gasteiger partial charge in [0.1, 0.15) is 0 Å². The van der Waals surface area contributed by atoms with Gasteiger partial charge in [-0.1, -0.05) is 59.8 Å². The van der Waals surface area contributed by atoms with Crippen molar-refractivity contribution in [2.45, 2.75) is 72.6 Å². The van der Waals surface area contributed by atoms with Gasteiger partial charge in [0.25, 0.3) is 0 Å². The fraction of sp³-hybridized carbons (Fsp3) is 1.00. The Labute approximate surface area is 121 Å². The molecular weight excluding hydrogens is 234 g/mol. The first-order chi connectivity index (χ1) is 9.20. The van der Waals surface area contributed by atoms with Gasteiger partial charge in [0.05, 0.1) is 0 Å². The number of hydrogen-bond donors (Lipinski definition) is 0. The number of unbranched alkanes of at least 4 members (excludes halogenated alkanes) is 4. The molecular formula is C17H37NO. The lowest BCUT2D eigenvalue weighted by molar-refractivity contribution is 0.118. The molecule has 0 rings (SSSR count). The number of ether oxygens (including phenoxy) is 1. The second kappa shape index (κ2) is 14.3. The monoisotopic (exact) mass is 271 g/mol. The summed E-state index contributed by atoms with van der Waals surface area (Å²) in [5, 5.41) is 0. The summed E-state index contributed by atoms with van der Waals surface area (Å²) in [4.78, 5) is 2.46. The van der Waals surface area contributed by atoms with E-state index in [1.165, 1.54) is 51.5 Å². The van der Waals surface area contributed by atoms with Crippen LogP contribution in [0.15, 0.2) is 0 Å². The Morgan fingerprint density at radius 1 is 0.789 bits per heavy atom. The first kappa shape index (κ1) is 18.9. The van der Waals surface area contributed by atoms with Gasteiger partial charge in [-0.15, -0.1) is 0 Å². The summed E-state index contributed by atoms with van der Waals surface area (Å²) in [6, 6.07) is 0. The molecule has 0 aliphatic rings. The molecule has 0 amide bonds. The highest BCUT2D eigenvalue weighted by atomic mass is 16.5. The molecule has 19 heavy (non-hydrogen) atoms. The molecule has 0 aliphatic heterocycles. The highest BCUT2D eigenvalue weighted by Crippen LogP contribution is 2.10. The molecule has 0 radical (unpaired) electrons. The van der Waals surface area contributed by atoms with E-state index in [2.05, 4.69) is 32.6 Å². The first-order valence-electron chi connectivity index (χ1n) is 8.50. The standard InChI is InChI=1S/C17H37NO/c1-5-18(6-2)14-12-16-19-15-11-9-7-8-10-13-17(3)4/h17H,5-16H2,1-4H3. The van der Waals surface area contributed by atoms with Crippen LogP contribution >= 0.6 is 0 Å². The summed E-state index contributed by atoms with van der Waals surface area (Å²) >= 11 is 0. The summed E-state index contributed by atoms with van der Waals surface area (Å²) in [7, 11) is 0. The lowest BCUT2D eigenvalue weighted by atomic mass is 10.0. The minimum absolute atomic E-state index is 0.870. The van der Waals surface area contributed by atoms with Crippen LogP contribution in [-0.2, 0) is 4.74 Å². The molecule has 2 heteroatoms. The SMILES string of the molecule is CCN(CC)CCCOCCCCCCCC(C)C. The number of hydrogen-bond acceptors (Lipinski definition) is 2. The van der Waals surface area contributed by atoms with Crippen LogP contribution in [0.2, 0.25) is 0 Å². The Hall–Kier alpha value is -0.0800. The molecule has 2 nitrogen and oxygen atoms in total. The van der Waals surface area contributed by atoms with E-state index < -0.39 is 0 Å². The van der Waals surface area contributed by atoms with Crippen molar-refractivity contribution in [1.29, 1.82) is 0 Å². The van der Waals surface area contributed by atoms with Gasteiger partial charge in [0.15, 0.2) is 0 Å². The molecule has 0 atom stereocenters. The zero-order valence-corrected chi connectivity index (χ0v) is 13.9. The van der Waals surface area contributed by atoms with Gasteiger partial charge < -0.3 is 9.64 Å². The van der Waals surface area contributed by atoms with Crippen molar-refractivity contribution in [1.82, 2.24) is 4.90 Å². The van der Waals surface area contributed by atoms with Gasteiger partial charge in [-0.25, -0.2) is 0 Å². The van der Waals surface area contributed by atoms with Crippen molar-refractivity contribution in [3.05, 3.63) is 0 Å². The molecule has 0 aromatic heterocycles. The zero-order chi connectivity index (χ0) is 14.3. The Bertz CT molecular complexity index is 167. The van der Waals surface area contributed by atoms with E-state index in [0.717, 1.165) is 32.2 Å². The van der Waals surface area contributed by atoms with Crippen LogP contribution in [0.3, 0.4) is 0 Å². The smallest absolute Gasteiger partial charge is 0.0478 e. The summed E-state index contributed by atoms with van der Waals surface area (Å²) in [5.74, 6) is 0.870. The predicted molar refractivity (Wildman–Crippen MR) is 85.8 cm³/mol. The van der Waals surface area contributed by atoms with Crippen molar-refractivity contribution in [2.24, 2.45) is 5.92 Å². The topological polar surface area (TPSA) is 12.5 Å². The Balaban J connectivity index is 3.06. The number of nitrogens with zero attached hydrogens (tertiary/aromatic N) is 1. The molecule has 0 fully saturated rings. The summed E-state index contributed by atoms with van der Waals surface area (Å²) < 4.78 is 5.69. The summed E-state index contributed by atoms with van der Waals surface area (Å²) in [6.07, 6.45) is 9.34. The van der Waals surface area contributed by atoms with Crippen molar-refractivity contribution in [3.8, 4) is 0 Å². The molecule has 116 valence electrons. The van der Waals surface area contributed by atoms with E-state index in [9.17, 15) is 0 Å². The molecule has 0 aromatic rings. The minimum Gasteiger partial charge on any atom is -0.381 e. The van der Waals surface area contributed by atoms with E-state index in [4.69, 9.17) is 4.74 Å². The molecule has 0 unspecified atom stereocenters.